The van der Waals surface area contributed by atoms with E-state index in [1.165, 1.54) is 51.4 Å². The Morgan fingerprint density at radius 3 is 1.25 bits per heavy atom. The standard InChI is InChI=1S/C49H92N8O14/c1-40(25-26-44(60)51-27-17-16-20-41(57-50)49(66)67)56-45(61)23-19-29-53-46(62)38-70-36-35-69-33-31-55-47(63)39-71-37-34-68-32-30-54-43(59)22-18-28-52-42(58)21-14-12-10-8-6-4-2-3-5-7-9-11-13-15-24-48(64)65/h40-41,57H,2-39,50H2,1H3,(H,51,60)(H,52,58)(H,53,62)(H,54,59)(H,55,63)(H,56,61)(H,64,65)(H,66,67)/t40-,41+/m1/s1. The molecule has 0 aliphatic carbocycles. The van der Waals surface area contributed by atoms with Crippen molar-refractivity contribution in [3.8, 4) is 0 Å². The summed E-state index contributed by atoms with van der Waals surface area (Å²) in [5.74, 6) is 2.43. The summed E-state index contributed by atoms with van der Waals surface area (Å²) in [5.41, 5.74) is 2.24. The molecular weight excluding hydrogens is 925 g/mol. The molecule has 71 heavy (non-hydrogen) atoms. The number of carbonyl (C=O) groups excluding carboxylic acids is 6. The second kappa shape index (κ2) is 49.1. The number of hydrogen-bond donors (Lipinski definition) is 10. The van der Waals surface area contributed by atoms with Crippen molar-refractivity contribution < 1.29 is 67.5 Å². The van der Waals surface area contributed by atoms with Crippen molar-refractivity contribution in [2.45, 2.75) is 180 Å². The molecule has 22 nitrogen and oxygen atoms in total. The Labute approximate surface area is 422 Å². The van der Waals surface area contributed by atoms with E-state index in [4.69, 9.17) is 35.0 Å². The average molecular weight is 1020 g/mol. The molecule has 0 fully saturated rings. The smallest absolute Gasteiger partial charge is 0.322 e. The predicted octanol–water partition coefficient (Wildman–Crippen LogP) is 2.89. The molecule has 0 bridgehead atoms. The number of ether oxygens (including phenoxy) is 4. The maximum absolute atomic E-state index is 12.2. The van der Waals surface area contributed by atoms with E-state index >= 15 is 0 Å². The van der Waals surface area contributed by atoms with E-state index in [9.17, 15) is 38.4 Å². The normalized spacial score (nSPS) is 11.9. The van der Waals surface area contributed by atoms with Crippen LogP contribution in [-0.4, -0.2) is 155 Å². The first-order chi connectivity index (χ1) is 34.3. The quantitative estimate of drug-likeness (QED) is 0.0238. The first-order valence-corrected chi connectivity index (χ1v) is 26.2. The zero-order valence-corrected chi connectivity index (χ0v) is 42.9. The van der Waals surface area contributed by atoms with Crippen LogP contribution in [-0.2, 0) is 57.3 Å². The number of nitrogens with two attached hydrogens (primary N) is 1. The van der Waals surface area contributed by atoms with Gasteiger partial charge in [-0.1, -0.05) is 77.0 Å². The van der Waals surface area contributed by atoms with Crippen LogP contribution < -0.4 is 43.2 Å². The molecule has 0 spiro atoms. The number of unbranched alkanes of at least 4 members (excludes halogenated alkanes) is 14. The Bertz CT molecular complexity index is 1430. The topological polar surface area (TPSA) is 324 Å². The van der Waals surface area contributed by atoms with E-state index in [2.05, 4.69) is 37.3 Å². The van der Waals surface area contributed by atoms with Crippen LogP contribution in [0.4, 0.5) is 0 Å². The number of carbonyl (C=O) groups is 8. The monoisotopic (exact) mass is 1020 g/mol. The lowest BCUT2D eigenvalue weighted by atomic mass is 10.0. The SMILES string of the molecule is C[C@H](CCC(=O)NCCCC[C@H](NN)C(=O)O)NC(=O)CCCNC(=O)COCCOCCNC(=O)COCCOCCNC(=O)CCCNC(=O)CCCCCCCCCCCCCCCCC(=O)O. The van der Waals surface area contributed by atoms with Crippen molar-refractivity contribution in [1.82, 2.24) is 37.3 Å². The molecule has 11 N–H and O–H groups in total. The van der Waals surface area contributed by atoms with Crippen LogP contribution in [0, 0.1) is 0 Å². The fourth-order valence-corrected chi connectivity index (χ4v) is 7.04. The van der Waals surface area contributed by atoms with Gasteiger partial charge in [0.25, 0.3) is 0 Å². The summed E-state index contributed by atoms with van der Waals surface area (Å²) in [5, 5.41) is 34.3. The summed E-state index contributed by atoms with van der Waals surface area (Å²) < 4.78 is 21.4. The van der Waals surface area contributed by atoms with Crippen LogP contribution in [0.3, 0.4) is 0 Å². The molecule has 0 aliphatic heterocycles. The first kappa shape index (κ1) is 66.5. The maximum Gasteiger partial charge on any atom is 0.322 e. The van der Waals surface area contributed by atoms with E-state index in [1.807, 2.05) is 6.92 Å². The van der Waals surface area contributed by atoms with E-state index in [-0.39, 0.29) is 114 Å². The van der Waals surface area contributed by atoms with E-state index < -0.39 is 18.0 Å². The van der Waals surface area contributed by atoms with Crippen LogP contribution in [0.15, 0.2) is 0 Å². The van der Waals surface area contributed by atoms with E-state index in [1.54, 1.807) is 0 Å². The highest BCUT2D eigenvalue weighted by atomic mass is 16.5. The number of amides is 6. The third-order valence-corrected chi connectivity index (χ3v) is 11.2. The Hall–Kier alpha value is -4.48. The van der Waals surface area contributed by atoms with Crippen molar-refractivity contribution in [2.75, 3.05) is 85.6 Å². The molecule has 0 aromatic rings. The largest absolute Gasteiger partial charge is 0.481 e. The molecule has 0 rings (SSSR count). The third-order valence-electron chi connectivity index (χ3n) is 11.2. The fraction of sp³-hybridized carbons (Fsp3) is 0.837. The summed E-state index contributed by atoms with van der Waals surface area (Å²) in [6.45, 7) is 4.74. The lowest BCUT2D eigenvalue weighted by molar-refractivity contribution is -0.140. The zero-order chi connectivity index (χ0) is 52.4. The Morgan fingerprint density at radius 2 is 0.775 bits per heavy atom. The van der Waals surface area contributed by atoms with Gasteiger partial charge in [0.1, 0.15) is 19.3 Å². The average Bonchev–Trinajstić information content (AvgIpc) is 3.33. The Kier molecular flexibility index (Phi) is 46.0. The van der Waals surface area contributed by atoms with Crippen molar-refractivity contribution in [2.24, 2.45) is 5.84 Å². The lowest BCUT2D eigenvalue weighted by Crippen LogP contribution is -2.41. The van der Waals surface area contributed by atoms with Crippen molar-refractivity contribution in [3.63, 3.8) is 0 Å². The van der Waals surface area contributed by atoms with E-state index in [0.29, 0.717) is 84.2 Å². The minimum Gasteiger partial charge on any atom is -0.481 e. The van der Waals surface area contributed by atoms with Gasteiger partial charge in [-0.2, -0.15) is 0 Å². The van der Waals surface area contributed by atoms with Crippen LogP contribution in [0.25, 0.3) is 0 Å². The fourth-order valence-electron chi connectivity index (χ4n) is 7.04. The van der Waals surface area contributed by atoms with Gasteiger partial charge in [0.2, 0.25) is 35.4 Å². The number of carboxylic acids is 2. The van der Waals surface area contributed by atoms with Crippen molar-refractivity contribution in [1.29, 1.82) is 0 Å². The Balaban J connectivity index is 3.51. The lowest BCUT2D eigenvalue weighted by Gasteiger charge is -2.14. The number of aliphatic carboxylic acids is 2. The number of carboxylic acid groups (broad SMARTS) is 2. The second-order valence-electron chi connectivity index (χ2n) is 17.7. The second-order valence-corrected chi connectivity index (χ2v) is 17.7. The van der Waals surface area contributed by atoms with Gasteiger partial charge in [-0.3, -0.25) is 44.2 Å². The van der Waals surface area contributed by atoms with Gasteiger partial charge in [-0.25, -0.2) is 5.43 Å². The number of nitrogens with one attached hydrogen (secondary N) is 7. The molecule has 0 heterocycles. The predicted molar refractivity (Wildman–Crippen MR) is 268 cm³/mol. The molecule has 0 aromatic carbocycles. The molecule has 6 amide bonds. The number of hydrazine groups is 1. The summed E-state index contributed by atoms with van der Waals surface area (Å²) >= 11 is 0. The van der Waals surface area contributed by atoms with Gasteiger partial charge in [0, 0.05) is 70.9 Å². The van der Waals surface area contributed by atoms with Gasteiger partial charge >= 0.3 is 11.9 Å². The molecule has 0 aromatic heterocycles. The van der Waals surface area contributed by atoms with Gasteiger partial charge in [0.15, 0.2) is 0 Å². The molecule has 22 heteroatoms. The van der Waals surface area contributed by atoms with Gasteiger partial charge in [0.05, 0.1) is 39.6 Å². The van der Waals surface area contributed by atoms with Gasteiger partial charge in [-0.15, -0.1) is 0 Å². The molecule has 0 aliphatic rings. The third kappa shape index (κ3) is 48.9. The highest BCUT2D eigenvalue weighted by Crippen LogP contribution is 2.14. The summed E-state index contributed by atoms with van der Waals surface area (Å²) in [4.78, 5) is 93.8. The van der Waals surface area contributed by atoms with Crippen molar-refractivity contribution >= 4 is 47.4 Å². The highest BCUT2D eigenvalue weighted by Gasteiger charge is 2.15. The summed E-state index contributed by atoms with van der Waals surface area (Å²) in [6.07, 6.45) is 20.6. The molecule has 412 valence electrons. The number of hydrogen-bond acceptors (Lipinski definition) is 14. The van der Waals surface area contributed by atoms with Gasteiger partial charge < -0.3 is 61.1 Å². The molecule has 2 atom stereocenters. The highest BCUT2D eigenvalue weighted by molar-refractivity contribution is 5.79. The van der Waals surface area contributed by atoms with Crippen LogP contribution in [0.2, 0.25) is 0 Å². The van der Waals surface area contributed by atoms with Crippen molar-refractivity contribution in [3.05, 3.63) is 0 Å². The maximum atomic E-state index is 12.2. The minimum atomic E-state index is -1.02. The zero-order valence-electron chi connectivity index (χ0n) is 42.9. The minimum absolute atomic E-state index is 0.0267. The first-order valence-electron chi connectivity index (χ1n) is 26.2. The van der Waals surface area contributed by atoms with Crippen LogP contribution >= 0.6 is 0 Å². The Morgan fingerprint density at radius 1 is 0.394 bits per heavy atom. The number of rotatable bonds is 52. The summed E-state index contributed by atoms with van der Waals surface area (Å²) in [6, 6.07) is -1.02. The van der Waals surface area contributed by atoms with E-state index in [0.717, 1.165) is 38.5 Å². The molecular formula is C49H92N8O14. The van der Waals surface area contributed by atoms with Crippen LogP contribution in [0.5, 0.6) is 0 Å². The summed E-state index contributed by atoms with van der Waals surface area (Å²) in [7, 11) is 0. The molecule has 0 saturated carbocycles. The van der Waals surface area contributed by atoms with Gasteiger partial charge in [-0.05, 0) is 58.3 Å². The molecule has 0 radical (unpaired) electrons. The van der Waals surface area contributed by atoms with Crippen LogP contribution in [0.1, 0.15) is 167 Å². The molecule has 0 unspecified atom stereocenters. The molecule has 0 saturated heterocycles.